The lowest BCUT2D eigenvalue weighted by atomic mass is 9.92. The van der Waals surface area contributed by atoms with Crippen molar-refractivity contribution in [3.8, 4) is 0 Å². The molecule has 20 heavy (non-hydrogen) atoms. The van der Waals surface area contributed by atoms with Crippen molar-refractivity contribution in [3.05, 3.63) is 35.4 Å². The zero-order valence-electron chi connectivity index (χ0n) is 12.1. The van der Waals surface area contributed by atoms with Crippen LogP contribution in [-0.2, 0) is 16.0 Å². The van der Waals surface area contributed by atoms with Gasteiger partial charge in [0.25, 0.3) is 0 Å². The monoisotopic (exact) mass is 275 g/mol. The minimum Gasteiger partial charge on any atom is -0.479 e. The molecule has 0 radical (unpaired) electrons. The highest BCUT2D eigenvalue weighted by Gasteiger charge is 2.48. The van der Waals surface area contributed by atoms with Gasteiger partial charge in [-0.25, -0.2) is 4.79 Å². The molecule has 0 aromatic heterocycles. The maximum atomic E-state index is 12.4. The number of amides is 1. The quantitative estimate of drug-likeness (QED) is 0.918. The number of hydrogen-bond acceptors (Lipinski definition) is 2. The largest absolute Gasteiger partial charge is 0.479 e. The molecule has 1 N–H and O–H groups in total. The van der Waals surface area contributed by atoms with Gasteiger partial charge in [0.05, 0.1) is 6.42 Å². The summed E-state index contributed by atoms with van der Waals surface area (Å²) in [6.07, 6.45) is 2.05. The van der Waals surface area contributed by atoms with E-state index < -0.39 is 11.5 Å². The molecule has 1 aromatic rings. The summed E-state index contributed by atoms with van der Waals surface area (Å²) < 4.78 is 0. The van der Waals surface area contributed by atoms with E-state index in [0.717, 1.165) is 17.5 Å². The minimum absolute atomic E-state index is 0.0874. The second-order valence-corrected chi connectivity index (χ2v) is 5.50. The highest BCUT2D eigenvalue weighted by Crippen LogP contribution is 2.33. The van der Waals surface area contributed by atoms with E-state index in [1.165, 1.54) is 0 Å². The molecule has 0 saturated carbocycles. The number of aliphatic carboxylic acids is 1. The highest BCUT2D eigenvalue weighted by molar-refractivity contribution is 5.88. The zero-order valence-corrected chi connectivity index (χ0v) is 12.1. The summed E-state index contributed by atoms with van der Waals surface area (Å²) in [4.78, 5) is 25.6. The Kier molecular flexibility index (Phi) is 4.12. The molecule has 0 aliphatic carbocycles. The van der Waals surface area contributed by atoms with Gasteiger partial charge in [-0.3, -0.25) is 4.79 Å². The van der Waals surface area contributed by atoms with Crippen LogP contribution in [0.1, 0.15) is 37.3 Å². The number of carbonyl (C=O) groups is 2. The number of likely N-dealkylation sites (tertiary alicyclic amines) is 1. The first kappa shape index (κ1) is 14.6. The number of carbonyl (C=O) groups excluding carboxylic acids is 1. The maximum Gasteiger partial charge on any atom is 0.329 e. The molecule has 1 heterocycles. The van der Waals surface area contributed by atoms with Crippen molar-refractivity contribution < 1.29 is 14.7 Å². The molecule has 1 amide bonds. The Hall–Kier alpha value is -1.84. The third-order valence-electron chi connectivity index (χ3n) is 4.25. The molecule has 1 saturated heterocycles. The number of rotatable bonds is 4. The summed E-state index contributed by atoms with van der Waals surface area (Å²) in [5.41, 5.74) is 1.08. The second kappa shape index (κ2) is 5.65. The topological polar surface area (TPSA) is 57.6 Å². The lowest BCUT2D eigenvalue weighted by Gasteiger charge is -2.34. The van der Waals surface area contributed by atoms with Crippen LogP contribution in [0.3, 0.4) is 0 Å². The molecule has 1 atom stereocenters. The first-order valence-corrected chi connectivity index (χ1v) is 7.09. The number of aryl methyl sites for hydroxylation is 1. The highest BCUT2D eigenvalue weighted by atomic mass is 16.4. The lowest BCUT2D eigenvalue weighted by Crippen LogP contribution is -2.53. The molecule has 1 aliphatic heterocycles. The summed E-state index contributed by atoms with van der Waals surface area (Å²) in [6.45, 7) is 4.38. The first-order valence-electron chi connectivity index (χ1n) is 7.09. The van der Waals surface area contributed by atoms with Gasteiger partial charge in [0.1, 0.15) is 5.54 Å². The van der Waals surface area contributed by atoms with Gasteiger partial charge in [-0.2, -0.15) is 0 Å². The third-order valence-corrected chi connectivity index (χ3v) is 4.25. The molecule has 1 unspecified atom stereocenters. The number of nitrogens with zero attached hydrogens (tertiary/aromatic N) is 1. The van der Waals surface area contributed by atoms with E-state index in [9.17, 15) is 14.7 Å². The van der Waals surface area contributed by atoms with Crippen LogP contribution in [-0.4, -0.2) is 34.0 Å². The van der Waals surface area contributed by atoms with Crippen molar-refractivity contribution in [2.45, 2.75) is 45.1 Å². The second-order valence-electron chi connectivity index (χ2n) is 5.50. The number of benzene rings is 1. The Bertz CT molecular complexity index is 509. The lowest BCUT2D eigenvalue weighted by molar-refractivity contribution is -0.156. The van der Waals surface area contributed by atoms with Crippen LogP contribution in [0.5, 0.6) is 0 Å². The molecule has 2 rings (SSSR count). The van der Waals surface area contributed by atoms with Crippen molar-refractivity contribution in [3.63, 3.8) is 0 Å². The smallest absolute Gasteiger partial charge is 0.329 e. The van der Waals surface area contributed by atoms with Crippen molar-refractivity contribution >= 4 is 11.9 Å². The van der Waals surface area contributed by atoms with E-state index in [-0.39, 0.29) is 12.3 Å². The normalized spacial score (nSPS) is 22.0. The summed E-state index contributed by atoms with van der Waals surface area (Å²) in [7, 11) is 0. The van der Waals surface area contributed by atoms with Gasteiger partial charge in [-0.05, 0) is 31.7 Å². The van der Waals surface area contributed by atoms with Gasteiger partial charge >= 0.3 is 5.97 Å². The van der Waals surface area contributed by atoms with Gasteiger partial charge in [-0.1, -0.05) is 36.8 Å². The molecular formula is C16H21NO3. The average Bonchev–Trinajstić information content (AvgIpc) is 2.86. The van der Waals surface area contributed by atoms with Crippen molar-refractivity contribution in [2.75, 3.05) is 6.54 Å². The first-order chi connectivity index (χ1) is 9.49. The zero-order chi connectivity index (χ0) is 14.8. The fraction of sp³-hybridized carbons (Fsp3) is 0.500. The number of hydrogen-bond donors (Lipinski definition) is 1. The standard InChI is InChI=1S/C16H21NO3/c1-3-16(15(19)20)9-4-10-17(16)14(18)11-13-7-5-12(2)6-8-13/h5-8H,3-4,9-11H2,1-2H3,(H,19,20). The van der Waals surface area contributed by atoms with Crippen LogP contribution in [0.4, 0.5) is 0 Å². The Morgan fingerprint density at radius 2 is 1.95 bits per heavy atom. The fourth-order valence-corrected chi connectivity index (χ4v) is 2.96. The number of carboxylic acids is 1. The van der Waals surface area contributed by atoms with E-state index in [0.29, 0.717) is 19.4 Å². The van der Waals surface area contributed by atoms with E-state index >= 15 is 0 Å². The van der Waals surface area contributed by atoms with E-state index in [1.807, 2.05) is 38.1 Å². The summed E-state index contributed by atoms with van der Waals surface area (Å²) in [6, 6.07) is 7.79. The Labute approximate surface area is 119 Å². The molecule has 1 aliphatic rings. The molecule has 1 fully saturated rings. The van der Waals surface area contributed by atoms with Crippen molar-refractivity contribution in [1.82, 2.24) is 4.90 Å². The predicted molar refractivity (Wildman–Crippen MR) is 76.5 cm³/mol. The van der Waals surface area contributed by atoms with Gasteiger partial charge in [0.2, 0.25) is 5.91 Å². The van der Waals surface area contributed by atoms with Crippen LogP contribution in [0.2, 0.25) is 0 Å². The number of carboxylic acid groups (broad SMARTS) is 1. The summed E-state index contributed by atoms with van der Waals surface area (Å²) in [5.74, 6) is -0.967. The molecule has 1 aromatic carbocycles. The molecule has 108 valence electrons. The SMILES string of the molecule is CCC1(C(=O)O)CCCN1C(=O)Cc1ccc(C)cc1. The van der Waals surface area contributed by atoms with Gasteiger partial charge < -0.3 is 10.0 Å². The third kappa shape index (κ3) is 2.55. The van der Waals surface area contributed by atoms with Crippen LogP contribution < -0.4 is 0 Å². The molecule has 0 spiro atoms. The molecule has 4 heteroatoms. The van der Waals surface area contributed by atoms with Gasteiger partial charge in [0.15, 0.2) is 0 Å². The fourth-order valence-electron chi connectivity index (χ4n) is 2.96. The minimum atomic E-state index is -0.998. The van der Waals surface area contributed by atoms with Gasteiger partial charge in [-0.15, -0.1) is 0 Å². The summed E-state index contributed by atoms with van der Waals surface area (Å²) in [5, 5.41) is 9.49. The molecule has 0 bridgehead atoms. The van der Waals surface area contributed by atoms with Gasteiger partial charge in [0, 0.05) is 6.54 Å². The Morgan fingerprint density at radius 1 is 1.30 bits per heavy atom. The molecule has 4 nitrogen and oxygen atoms in total. The van der Waals surface area contributed by atoms with Crippen LogP contribution in [0, 0.1) is 6.92 Å². The summed E-state index contributed by atoms with van der Waals surface area (Å²) >= 11 is 0. The Balaban J connectivity index is 2.15. The van der Waals surface area contributed by atoms with Crippen molar-refractivity contribution in [2.24, 2.45) is 0 Å². The van der Waals surface area contributed by atoms with Crippen LogP contribution in [0.15, 0.2) is 24.3 Å². The van der Waals surface area contributed by atoms with E-state index in [2.05, 4.69) is 0 Å². The van der Waals surface area contributed by atoms with E-state index in [4.69, 9.17) is 0 Å². The van der Waals surface area contributed by atoms with Crippen molar-refractivity contribution in [1.29, 1.82) is 0 Å². The van der Waals surface area contributed by atoms with Crippen LogP contribution in [0.25, 0.3) is 0 Å². The Morgan fingerprint density at radius 3 is 2.50 bits per heavy atom. The maximum absolute atomic E-state index is 12.4. The average molecular weight is 275 g/mol. The predicted octanol–water partition coefficient (Wildman–Crippen LogP) is 2.39. The van der Waals surface area contributed by atoms with E-state index in [1.54, 1.807) is 4.90 Å². The van der Waals surface area contributed by atoms with Crippen LogP contribution >= 0.6 is 0 Å². The molecular weight excluding hydrogens is 254 g/mol.